The van der Waals surface area contributed by atoms with Crippen LogP contribution >= 0.6 is 11.8 Å². The Morgan fingerprint density at radius 3 is 2.52 bits per heavy atom. The van der Waals surface area contributed by atoms with Crippen molar-refractivity contribution in [1.29, 1.82) is 0 Å². The van der Waals surface area contributed by atoms with Crippen molar-refractivity contribution in [2.45, 2.75) is 30.4 Å². The first kappa shape index (κ1) is 18.1. The van der Waals surface area contributed by atoms with Gasteiger partial charge in [-0.3, -0.25) is 9.59 Å². The summed E-state index contributed by atoms with van der Waals surface area (Å²) in [5, 5.41) is 4.01. The Bertz CT molecular complexity index is 839. The zero-order chi connectivity index (χ0) is 18.8. The number of carbonyl (C=O) groups is 2. The third-order valence-corrected chi connectivity index (χ3v) is 6.08. The molecule has 1 aromatic heterocycles. The van der Waals surface area contributed by atoms with E-state index in [0.717, 1.165) is 29.2 Å². The van der Waals surface area contributed by atoms with Gasteiger partial charge in [-0.2, -0.15) is 0 Å². The van der Waals surface area contributed by atoms with E-state index in [1.165, 1.54) is 0 Å². The highest BCUT2D eigenvalue weighted by Crippen LogP contribution is 2.31. The van der Waals surface area contributed by atoms with Gasteiger partial charge in [-0.15, -0.1) is 11.8 Å². The van der Waals surface area contributed by atoms with E-state index >= 15 is 0 Å². The second-order valence-electron chi connectivity index (χ2n) is 7.11. The summed E-state index contributed by atoms with van der Waals surface area (Å²) >= 11 is 1.59. The molecule has 0 bridgehead atoms. The first-order chi connectivity index (χ1) is 13.1. The third-order valence-electron chi connectivity index (χ3n) is 4.97. The molecule has 27 heavy (non-hydrogen) atoms. The van der Waals surface area contributed by atoms with E-state index in [0.29, 0.717) is 37.5 Å². The van der Waals surface area contributed by atoms with Crippen molar-refractivity contribution >= 4 is 23.6 Å². The Hall–Kier alpha value is -2.28. The Kier molecular flexibility index (Phi) is 5.20. The number of thioether (sulfide) groups is 1. The molecule has 2 aromatic rings. The molecule has 6 nitrogen and oxygen atoms in total. The predicted molar refractivity (Wildman–Crippen MR) is 102 cm³/mol. The van der Waals surface area contributed by atoms with Crippen molar-refractivity contribution in [3.8, 4) is 0 Å². The summed E-state index contributed by atoms with van der Waals surface area (Å²) in [6.45, 7) is 4.33. The number of aryl methyl sites for hydroxylation is 1. The lowest BCUT2D eigenvalue weighted by atomic mass is 10.1. The summed E-state index contributed by atoms with van der Waals surface area (Å²) in [4.78, 5) is 29.9. The highest BCUT2D eigenvalue weighted by molar-refractivity contribution is 7.98. The second-order valence-corrected chi connectivity index (χ2v) is 8.12. The van der Waals surface area contributed by atoms with E-state index in [1.54, 1.807) is 11.8 Å². The average molecular weight is 385 g/mol. The van der Waals surface area contributed by atoms with Gasteiger partial charge in [-0.05, 0) is 31.9 Å². The topological polar surface area (TPSA) is 66.7 Å². The molecular weight excluding hydrogens is 362 g/mol. The molecule has 1 aliphatic heterocycles. The molecule has 2 fully saturated rings. The smallest absolute Gasteiger partial charge is 0.255 e. The van der Waals surface area contributed by atoms with Gasteiger partial charge in [-0.25, -0.2) is 0 Å². The van der Waals surface area contributed by atoms with Crippen LogP contribution in [0.2, 0.25) is 0 Å². The molecule has 142 valence electrons. The zero-order valence-corrected chi connectivity index (χ0v) is 16.2. The van der Waals surface area contributed by atoms with Crippen LogP contribution < -0.4 is 0 Å². The number of aromatic nitrogens is 1. The van der Waals surface area contributed by atoms with Gasteiger partial charge in [0, 0.05) is 48.8 Å². The number of rotatable bonds is 5. The minimum absolute atomic E-state index is 0.0351. The molecule has 1 aliphatic carbocycles. The lowest BCUT2D eigenvalue weighted by molar-refractivity contribution is -0.134. The average Bonchev–Trinajstić information content (AvgIpc) is 3.47. The van der Waals surface area contributed by atoms with Crippen LogP contribution in [-0.2, 0) is 10.5 Å². The summed E-state index contributed by atoms with van der Waals surface area (Å²) in [5.74, 6) is 1.98. The van der Waals surface area contributed by atoms with Gasteiger partial charge < -0.3 is 14.3 Å². The van der Waals surface area contributed by atoms with Crippen LogP contribution in [0.15, 0.2) is 39.8 Å². The summed E-state index contributed by atoms with van der Waals surface area (Å²) in [6.07, 6.45) is 2.04. The van der Waals surface area contributed by atoms with Gasteiger partial charge >= 0.3 is 0 Å². The number of amides is 2. The molecule has 1 saturated carbocycles. The molecular formula is C20H23N3O3S. The molecule has 1 aromatic carbocycles. The Morgan fingerprint density at radius 1 is 1.15 bits per heavy atom. The van der Waals surface area contributed by atoms with Crippen molar-refractivity contribution in [2.24, 2.45) is 5.92 Å². The van der Waals surface area contributed by atoms with Crippen molar-refractivity contribution in [1.82, 2.24) is 15.0 Å². The summed E-state index contributed by atoms with van der Waals surface area (Å²) in [6, 6.07) is 9.59. The van der Waals surface area contributed by atoms with Gasteiger partial charge in [0.05, 0.1) is 11.3 Å². The maximum atomic E-state index is 13.0. The first-order valence-electron chi connectivity index (χ1n) is 9.34. The van der Waals surface area contributed by atoms with E-state index in [2.05, 4.69) is 5.16 Å². The van der Waals surface area contributed by atoms with Crippen LogP contribution in [0.25, 0.3) is 0 Å². The summed E-state index contributed by atoms with van der Waals surface area (Å²) in [7, 11) is 0. The second kappa shape index (κ2) is 7.76. The van der Waals surface area contributed by atoms with Crippen molar-refractivity contribution < 1.29 is 14.1 Å². The third kappa shape index (κ3) is 4.18. The molecule has 2 amide bonds. The van der Waals surface area contributed by atoms with Gasteiger partial charge in [0.1, 0.15) is 5.76 Å². The molecule has 2 heterocycles. The maximum Gasteiger partial charge on any atom is 0.255 e. The predicted octanol–water partition coefficient (Wildman–Crippen LogP) is 2.97. The van der Waals surface area contributed by atoms with E-state index in [-0.39, 0.29) is 17.7 Å². The van der Waals surface area contributed by atoms with E-state index < -0.39 is 0 Å². The fourth-order valence-corrected chi connectivity index (χ4v) is 4.22. The molecule has 7 heteroatoms. The van der Waals surface area contributed by atoms with Crippen LogP contribution in [0.5, 0.6) is 0 Å². The molecule has 0 unspecified atom stereocenters. The zero-order valence-electron chi connectivity index (χ0n) is 15.4. The van der Waals surface area contributed by atoms with Crippen molar-refractivity contribution in [3.63, 3.8) is 0 Å². The molecule has 0 radical (unpaired) electrons. The van der Waals surface area contributed by atoms with Gasteiger partial charge in [-0.1, -0.05) is 17.3 Å². The standard InChI is InChI=1S/C20H23N3O3S/c1-14-12-16(21-26-14)13-27-18-5-3-2-4-17(18)20(25)23-10-8-22(9-11-23)19(24)15-6-7-15/h2-5,12,15H,6-11,13H2,1H3. The monoisotopic (exact) mass is 385 g/mol. The fraction of sp³-hybridized carbons (Fsp3) is 0.450. The number of carbonyl (C=O) groups excluding carboxylic acids is 2. The minimum Gasteiger partial charge on any atom is -0.361 e. The van der Waals surface area contributed by atoms with Crippen LogP contribution in [0.4, 0.5) is 0 Å². The lowest BCUT2D eigenvalue weighted by Crippen LogP contribution is -2.51. The van der Waals surface area contributed by atoms with Crippen LogP contribution in [0, 0.1) is 12.8 Å². The summed E-state index contributed by atoms with van der Waals surface area (Å²) < 4.78 is 5.11. The van der Waals surface area contributed by atoms with Crippen molar-refractivity contribution in [2.75, 3.05) is 26.2 Å². The number of hydrogen-bond acceptors (Lipinski definition) is 5. The number of nitrogens with zero attached hydrogens (tertiary/aromatic N) is 3. The molecule has 1 saturated heterocycles. The highest BCUT2D eigenvalue weighted by atomic mass is 32.2. The number of benzene rings is 1. The van der Waals surface area contributed by atoms with E-state index in [4.69, 9.17) is 4.52 Å². The fourth-order valence-electron chi connectivity index (χ4n) is 3.30. The maximum absolute atomic E-state index is 13.0. The lowest BCUT2D eigenvalue weighted by Gasteiger charge is -2.35. The number of piperazine rings is 1. The Balaban J connectivity index is 1.39. The Morgan fingerprint density at radius 2 is 1.85 bits per heavy atom. The molecule has 0 N–H and O–H groups in total. The summed E-state index contributed by atoms with van der Waals surface area (Å²) in [5.41, 5.74) is 1.58. The van der Waals surface area contributed by atoms with Gasteiger partial charge in [0.25, 0.3) is 5.91 Å². The molecule has 2 aliphatic rings. The van der Waals surface area contributed by atoms with Crippen LogP contribution in [-0.4, -0.2) is 52.9 Å². The highest BCUT2D eigenvalue weighted by Gasteiger charge is 2.35. The van der Waals surface area contributed by atoms with Crippen LogP contribution in [0.3, 0.4) is 0 Å². The van der Waals surface area contributed by atoms with Crippen molar-refractivity contribution in [3.05, 3.63) is 47.3 Å². The Labute approximate surface area is 162 Å². The molecule has 0 spiro atoms. The van der Waals surface area contributed by atoms with Gasteiger partial charge in [0.15, 0.2) is 0 Å². The quantitative estimate of drug-likeness (QED) is 0.741. The molecule has 0 atom stereocenters. The normalized spacial score (nSPS) is 17.2. The largest absolute Gasteiger partial charge is 0.361 e. The van der Waals surface area contributed by atoms with Crippen LogP contribution in [0.1, 0.15) is 34.7 Å². The molecule has 4 rings (SSSR count). The number of hydrogen-bond donors (Lipinski definition) is 0. The van der Waals surface area contributed by atoms with E-state index in [1.807, 2.05) is 47.1 Å². The SMILES string of the molecule is Cc1cc(CSc2ccccc2C(=O)N2CCN(C(=O)C3CC3)CC2)no1. The first-order valence-corrected chi connectivity index (χ1v) is 10.3. The minimum atomic E-state index is 0.0351. The van der Waals surface area contributed by atoms with E-state index in [9.17, 15) is 9.59 Å². The van der Waals surface area contributed by atoms with Gasteiger partial charge in [0.2, 0.25) is 5.91 Å².